The Labute approximate surface area is 153 Å². The first-order valence-corrected chi connectivity index (χ1v) is 8.90. The zero-order valence-electron chi connectivity index (χ0n) is 15.6. The van der Waals surface area contributed by atoms with E-state index in [1.54, 1.807) is 31.1 Å². The van der Waals surface area contributed by atoms with Gasteiger partial charge in [-0.1, -0.05) is 24.2 Å². The van der Waals surface area contributed by atoms with E-state index in [-0.39, 0.29) is 11.8 Å². The summed E-state index contributed by atoms with van der Waals surface area (Å²) < 4.78 is 5.18. The van der Waals surface area contributed by atoms with Crippen molar-refractivity contribution in [2.45, 2.75) is 45.6 Å². The van der Waals surface area contributed by atoms with E-state index in [1.165, 1.54) is 0 Å². The van der Waals surface area contributed by atoms with Crippen molar-refractivity contribution in [3.8, 4) is 0 Å². The van der Waals surface area contributed by atoms with Crippen LogP contribution in [0.5, 0.6) is 0 Å². The molecule has 0 spiro atoms. The van der Waals surface area contributed by atoms with Crippen LogP contribution in [0.15, 0.2) is 28.8 Å². The lowest BCUT2D eigenvalue weighted by atomic mass is 10.1. The Morgan fingerprint density at radius 2 is 1.92 bits per heavy atom. The zero-order chi connectivity index (χ0) is 18.9. The number of rotatable bonds is 9. The van der Waals surface area contributed by atoms with Gasteiger partial charge in [-0.2, -0.15) is 4.98 Å². The Kier molecular flexibility index (Phi) is 7.32. The number of benzene rings is 1. The average molecular weight is 358 g/mol. The minimum Gasteiger partial charge on any atom is -0.355 e. The number of hydrogen-bond acceptors (Lipinski definition) is 5. The fourth-order valence-corrected chi connectivity index (χ4v) is 2.57. The number of hydrogen-bond donors (Lipinski definition) is 1. The first-order valence-electron chi connectivity index (χ1n) is 8.90. The number of nitrogens with one attached hydrogen (secondary N) is 1. The Balaban J connectivity index is 1.77. The van der Waals surface area contributed by atoms with Crippen molar-refractivity contribution in [1.82, 2.24) is 20.4 Å². The van der Waals surface area contributed by atoms with Crippen molar-refractivity contribution in [1.29, 1.82) is 0 Å². The highest BCUT2D eigenvalue weighted by Gasteiger charge is 2.12. The van der Waals surface area contributed by atoms with Gasteiger partial charge in [0.05, 0.1) is 0 Å². The van der Waals surface area contributed by atoms with Gasteiger partial charge in [0, 0.05) is 45.5 Å². The number of aromatic nitrogens is 2. The Bertz CT molecular complexity index is 725. The van der Waals surface area contributed by atoms with Gasteiger partial charge in [0.15, 0.2) is 5.82 Å². The van der Waals surface area contributed by atoms with Gasteiger partial charge in [0.1, 0.15) is 0 Å². The zero-order valence-corrected chi connectivity index (χ0v) is 15.6. The van der Waals surface area contributed by atoms with Crippen molar-refractivity contribution in [2.75, 3.05) is 14.1 Å². The highest BCUT2D eigenvalue weighted by molar-refractivity contribution is 5.93. The molecule has 0 fully saturated rings. The molecule has 1 aromatic carbocycles. The molecule has 7 heteroatoms. The van der Waals surface area contributed by atoms with Gasteiger partial charge in [-0.15, -0.1) is 0 Å². The van der Waals surface area contributed by atoms with Crippen molar-refractivity contribution in [3.63, 3.8) is 0 Å². The number of nitrogens with zero attached hydrogens (tertiary/aromatic N) is 3. The summed E-state index contributed by atoms with van der Waals surface area (Å²) in [4.78, 5) is 29.8. The summed E-state index contributed by atoms with van der Waals surface area (Å²) >= 11 is 0. The van der Waals surface area contributed by atoms with E-state index in [0.29, 0.717) is 37.3 Å². The molecule has 0 radical (unpaired) electrons. The van der Waals surface area contributed by atoms with Crippen LogP contribution < -0.4 is 5.32 Å². The normalized spacial score (nSPS) is 10.6. The molecule has 0 aliphatic heterocycles. The van der Waals surface area contributed by atoms with Crippen LogP contribution in [0.4, 0.5) is 0 Å². The Morgan fingerprint density at radius 3 is 2.58 bits per heavy atom. The van der Waals surface area contributed by atoms with Crippen LogP contribution in [-0.4, -0.2) is 41.0 Å². The van der Waals surface area contributed by atoms with Crippen molar-refractivity contribution < 1.29 is 14.1 Å². The lowest BCUT2D eigenvalue weighted by Gasteiger charge is -2.17. The van der Waals surface area contributed by atoms with E-state index in [0.717, 1.165) is 24.2 Å². The largest absolute Gasteiger partial charge is 0.355 e. The number of amides is 2. The average Bonchev–Trinajstić information content (AvgIpc) is 3.09. The van der Waals surface area contributed by atoms with Gasteiger partial charge in [-0.05, 0) is 30.5 Å². The fraction of sp³-hybridized carbons (Fsp3) is 0.474. The van der Waals surface area contributed by atoms with E-state index in [1.807, 2.05) is 12.1 Å². The molecule has 1 heterocycles. The van der Waals surface area contributed by atoms with Crippen LogP contribution in [-0.2, 0) is 24.2 Å². The third kappa shape index (κ3) is 5.68. The Hall–Kier alpha value is -2.70. The van der Waals surface area contributed by atoms with Gasteiger partial charge in [-0.3, -0.25) is 9.59 Å². The lowest BCUT2D eigenvalue weighted by Crippen LogP contribution is -2.26. The molecule has 7 nitrogen and oxygen atoms in total. The summed E-state index contributed by atoms with van der Waals surface area (Å²) in [5, 5.41) is 6.49. The third-order valence-corrected chi connectivity index (χ3v) is 4.05. The maximum atomic E-state index is 12.3. The van der Waals surface area contributed by atoms with Gasteiger partial charge < -0.3 is 14.7 Å². The molecule has 0 aliphatic carbocycles. The molecule has 0 aliphatic rings. The first kappa shape index (κ1) is 19.6. The van der Waals surface area contributed by atoms with Crippen molar-refractivity contribution in [2.24, 2.45) is 0 Å². The summed E-state index contributed by atoms with van der Waals surface area (Å²) in [5.74, 6) is 1.26. The standard InChI is InChI=1S/C19H26N4O3/c1-4-6-16-21-17(26-22-16)7-5-8-18(24)23(3)13-14-9-11-15(12-10-14)19(25)20-2/h9-12H,4-8,13H2,1-3H3,(H,20,25). The van der Waals surface area contributed by atoms with Crippen LogP contribution in [0.25, 0.3) is 0 Å². The van der Waals surface area contributed by atoms with Crippen LogP contribution in [0.3, 0.4) is 0 Å². The van der Waals surface area contributed by atoms with Crippen LogP contribution in [0.2, 0.25) is 0 Å². The molecule has 0 unspecified atom stereocenters. The van der Waals surface area contributed by atoms with Crippen molar-refractivity contribution >= 4 is 11.8 Å². The van der Waals surface area contributed by atoms with E-state index in [9.17, 15) is 9.59 Å². The SMILES string of the molecule is CCCc1noc(CCCC(=O)N(C)Cc2ccc(C(=O)NC)cc2)n1. The van der Waals surface area contributed by atoms with Gasteiger partial charge in [-0.25, -0.2) is 0 Å². The van der Waals surface area contributed by atoms with Gasteiger partial charge >= 0.3 is 0 Å². The maximum Gasteiger partial charge on any atom is 0.251 e. The van der Waals surface area contributed by atoms with Gasteiger partial charge in [0.2, 0.25) is 11.8 Å². The highest BCUT2D eigenvalue weighted by Crippen LogP contribution is 2.10. The molecule has 140 valence electrons. The first-order chi connectivity index (χ1) is 12.5. The molecule has 2 amide bonds. The summed E-state index contributed by atoms with van der Waals surface area (Å²) in [6, 6.07) is 7.25. The number of carbonyl (C=O) groups is 2. The fourth-order valence-electron chi connectivity index (χ4n) is 2.57. The minimum atomic E-state index is -0.121. The molecular formula is C19H26N4O3. The van der Waals surface area contributed by atoms with E-state index in [2.05, 4.69) is 22.4 Å². The summed E-state index contributed by atoms with van der Waals surface area (Å²) in [6.07, 6.45) is 3.50. The molecule has 0 bridgehead atoms. The summed E-state index contributed by atoms with van der Waals surface area (Å²) in [6.45, 7) is 2.57. The predicted octanol–water partition coefficient (Wildman–Crippen LogP) is 2.36. The van der Waals surface area contributed by atoms with Gasteiger partial charge in [0.25, 0.3) is 5.91 Å². The third-order valence-electron chi connectivity index (χ3n) is 4.05. The maximum absolute atomic E-state index is 12.3. The molecule has 0 atom stereocenters. The van der Waals surface area contributed by atoms with E-state index < -0.39 is 0 Å². The van der Waals surface area contributed by atoms with Crippen LogP contribution >= 0.6 is 0 Å². The van der Waals surface area contributed by atoms with E-state index in [4.69, 9.17) is 4.52 Å². The summed E-state index contributed by atoms with van der Waals surface area (Å²) in [7, 11) is 3.38. The predicted molar refractivity (Wildman–Crippen MR) is 97.5 cm³/mol. The molecule has 26 heavy (non-hydrogen) atoms. The molecule has 1 aromatic heterocycles. The van der Waals surface area contributed by atoms with E-state index >= 15 is 0 Å². The second-order valence-electron chi connectivity index (χ2n) is 6.23. The molecule has 2 rings (SSSR count). The highest BCUT2D eigenvalue weighted by atomic mass is 16.5. The molecule has 0 saturated heterocycles. The minimum absolute atomic E-state index is 0.0636. The molecule has 2 aromatic rings. The Morgan fingerprint density at radius 1 is 1.19 bits per heavy atom. The lowest BCUT2D eigenvalue weighted by molar-refractivity contribution is -0.130. The van der Waals surface area contributed by atoms with Crippen LogP contribution in [0, 0.1) is 0 Å². The second kappa shape index (κ2) is 9.70. The molecule has 1 N–H and O–H groups in total. The topological polar surface area (TPSA) is 88.3 Å². The monoisotopic (exact) mass is 358 g/mol. The second-order valence-corrected chi connectivity index (χ2v) is 6.23. The smallest absolute Gasteiger partial charge is 0.251 e. The number of carbonyl (C=O) groups excluding carboxylic acids is 2. The van der Waals surface area contributed by atoms with Crippen molar-refractivity contribution in [3.05, 3.63) is 47.1 Å². The number of aryl methyl sites for hydroxylation is 2. The summed E-state index contributed by atoms with van der Waals surface area (Å²) in [5.41, 5.74) is 1.59. The quantitative estimate of drug-likeness (QED) is 0.743. The molecular weight excluding hydrogens is 332 g/mol. The van der Waals surface area contributed by atoms with Crippen LogP contribution in [0.1, 0.15) is 53.8 Å². The molecule has 0 saturated carbocycles.